The largest absolute Gasteiger partial charge is 0.388 e. The molecule has 0 saturated carbocycles. The van der Waals surface area contributed by atoms with Crippen molar-refractivity contribution in [1.82, 2.24) is 10.5 Å². The van der Waals surface area contributed by atoms with Gasteiger partial charge in [0.05, 0.1) is 11.3 Å². The molecule has 0 aliphatic heterocycles. The fraction of sp³-hybridized carbons (Fsp3) is 0.733. The number of carbonyl (C=O) groups excluding carboxylic acids is 1. The molecule has 0 spiro atoms. The zero-order valence-corrected chi connectivity index (χ0v) is 13.3. The number of amides is 1. The quantitative estimate of drug-likeness (QED) is 0.839. The van der Waals surface area contributed by atoms with Crippen LogP contribution in [0.1, 0.15) is 57.1 Å². The molecule has 0 aliphatic carbocycles. The van der Waals surface area contributed by atoms with Gasteiger partial charge in [-0.2, -0.15) is 0 Å². The fourth-order valence-corrected chi connectivity index (χ4v) is 2.13. The Morgan fingerprint density at radius 2 is 2.00 bits per heavy atom. The molecule has 5 nitrogen and oxygen atoms in total. The summed E-state index contributed by atoms with van der Waals surface area (Å²) in [4.78, 5) is 12.0. The molecule has 2 atom stereocenters. The first-order chi connectivity index (χ1) is 9.15. The van der Waals surface area contributed by atoms with Crippen molar-refractivity contribution >= 4 is 5.91 Å². The average Bonchev–Trinajstić information content (AvgIpc) is 2.66. The van der Waals surface area contributed by atoms with E-state index in [1.165, 1.54) is 0 Å². The molecule has 0 fully saturated rings. The van der Waals surface area contributed by atoms with Crippen LogP contribution in [-0.4, -0.2) is 28.3 Å². The van der Waals surface area contributed by atoms with Crippen LogP contribution < -0.4 is 5.32 Å². The lowest BCUT2D eigenvalue weighted by molar-refractivity contribution is -0.123. The van der Waals surface area contributed by atoms with Crippen LogP contribution in [0.4, 0.5) is 0 Å². The van der Waals surface area contributed by atoms with Gasteiger partial charge in [-0.15, -0.1) is 0 Å². The van der Waals surface area contributed by atoms with Crippen LogP contribution in [0, 0.1) is 19.8 Å². The molecular weight excluding hydrogens is 256 g/mol. The van der Waals surface area contributed by atoms with E-state index in [4.69, 9.17) is 4.52 Å². The van der Waals surface area contributed by atoms with E-state index in [0.29, 0.717) is 6.42 Å². The van der Waals surface area contributed by atoms with Gasteiger partial charge >= 0.3 is 0 Å². The Kier molecular flexibility index (Phi) is 5.34. The zero-order valence-electron chi connectivity index (χ0n) is 13.3. The second-order valence-corrected chi connectivity index (χ2v) is 6.13. The van der Waals surface area contributed by atoms with Gasteiger partial charge in [-0.1, -0.05) is 25.9 Å². The molecule has 2 unspecified atom stereocenters. The van der Waals surface area contributed by atoms with Gasteiger partial charge in [0.1, 0.15) is 5.76 Å². The third-order valence-corrected chi connectivity index (χ3v) is 3.96. The number of hydrogen-bond acceptors (Lipinski definition) is 4. The van der Waals surface area contributed by atoms with Crippen LogP contribution in [0.2, 0.25) is 0 Å². The maximum atomic E-state index is 12.0. The summed E-state index contributed by atoms with van der Waals surface area (Å²) in [6.45, 7) is 11.6. The molecule has 0 bridgehead atoms. The summed E-state index contributed by atoms with van der Waals surface area (Å²) in [6.07, 6.45) is 0.358. The number of carbonyl (C=O) groups is 1. The Hall–Kier alpha value is -1.36. The smallest absolute Gasteiger partial charge is 0.220 e. The average molecular weight is 282 g/mol. The van der Waals surface area contributed by atoms with E-state index >= 15 is 0 Å². The van der Waals surface area contributed by atoms with Crippen molar-refractivity contribution in [1.29, 1.82) is 0 Å². The minimum absolute atomic E-state index is 0.0465. The lowest BCUT2D eigenvalue weighted by atomic mass is 9.92. The standard InChI is InChI=1S/C15H26N2O3/c1-9(2)15(6,19)8-16-13(18)7-10(3)14-11(4)17-20-12(14)5/h9-10,19H,7-8H2,1-6H3,(H,16,18). The summed E-state index contributed by atoms with van der Waals surface area (Å²) in [5.41, 5.74) is 0.940. The molecule has 0 saturated heterocycles. The van der Waals surface area contributed by atoms with Crippen molar-refractivity contribution in [2.24, 2.45) is 5.92 Å². The van der Waals surface area contributed by atoms with E-state index in [1.807, 2.05) is 34.6 Å². The third-order valence-electron chi connectivity index (χ3n) is 3.96. The Bertz CT molecular complexity index is 444. The number of nitrogens with zero attached hydrogens (tertiary/aromatic N) is 1. The van der Waals surface area contributed by atoms with E-state index in [0.717, 1.165) is 17.0 Å². The minimum atomic E-state index is -0.887. The molecule has 20 heavy (non-hydrogen) atoms. The molecule has 1 aromatic heterocycles. The number of aryl methyl sites for hydroxylation is 2. The van der Waals surface area contributed by atoms with Gasteiger partial charge in [-0.25, -0.2) is 0 Å². The molecule has 1 aromatic rings. The van der Waals surface area contributed by atoms with Gasteiger partial charge < -0.3 is 14.9 Å². The molecule has 0 radical (unpaired) electrons. The second kappa shape index (κ2) is 6.39. The van der Waals surface area contributed by atoms with E-state index in [9.17, 15) is 9.90 Å². The van der Waals surface area contributed by atoms with Crippen molar-refractivity contribution in [3.63, 3.8) is 0 Å². The van der Waals surface area contributed by atoms with Gasteiger partial charge in [0.15, 0.2) is 0 Å². The third kappa shape index (κ3) is 4.07. The molecule has 0 aliphatic rings. The highest BCUT2D eigenvalue weighted by Gasteiger charge is 2.26. The van der Waals surface area contributed by atoms with Crippen molar-refractivity contribution in [2.45, 2.75) is 59.5 Å². The van der Waals surface area contributed by atoms with E-state index in [2.05, 4.69) is 10.5 Å². The number of aliphatic hydroxyl groups is 1. The summed E-state index contributed by atoms with van der Waals surface area (Å²) in [6, 6.07) is 0. The van der Waals surface area contributed by atoms with Crippen LogP contribution in [0.25, 0.3) is 0 Å². The van der Waals surface area contributed by atoms with Crippen molar-refractivity contribution in [3.05, 3.63) is 17.0 Å². The Morgan fingerprint density at radius 1 is 1.40 bits per heavy atom. The van der Waals surface area contributed by atoms with Gasteiger partial charge in [0, 0.05) is 18.5 Å². The fourth-order valence-electron chi connectivity index (χ4n) is 2.13. The monoisotopic (exact) mass is 282 g/mol. The summed E-state index contributed by atoms with van der Waals surface area (Å²) in [7, 11) is 0. The zero-order chi connectivity index (χ0) is 15.5. The normalized spacial score (nSPS) is 16.0. The molecular formula is C15H26N2O3. The predicted molar refractivity (Wildman–Crippen MR) is 77.5 cm³/mol. The molecule has 114 valence electrons. The number of hydrogen-bond donors (Lipinski definition) is 2. The summed E-state index contributed by atoms with van der Waals surface area (Å²) in [5, 5.41) is 16.8. The summed E-state index contributed by atoms with van der Waals surface area (Å²) in [5.74, 6) is 0.823. The molecule has 0 aromatic carbocycles. The molecule has 1 rings (SSSR count). The van der Waals surface area contributed by atoms with Crippen LogP contribution in [-0.2, 0) is 4.79 Å². The molecule has 1 amide bonds. The molecule has 5 heteroatoms. The van der Waals surface area contributed by atoms with Crippen LogP contribution in [0.3, 0.4) is 0 Å². The molecule has 2 N–H and O–H groups in total. The van der Waals surface area contributed by atoms with Crippen molar-refractivity contribution in [3.8, 4) is 0 Å². The maximum Gasteiger partial charge on any atom is 0.220 e. The number of rotatable bonds is 6. The summed E-state index contributed by atoms with van der Waals surface area (Å²) >= 11 is 0. The van der Waals surface area contributed by atoms with E-state index in [1.54, 1.807) is 6.92 Å². The minimum Gasteiger partial charge on any atom is -0.388 e. The Labute approximate surface area is 120 Å². The SMILES string of the molecule is Cc1noc(C)c1C(C)CC(=O)NCC(C)(O)C(C)C. The van der Waals surface area contributed by atoms with Crippen LogP contribution >= 0.6 is 0 Å². The number of aromatic nitrogens is 1. The highest BCUT2D eigenvalue weighted by atomic mass is 16.5. The van der Waals surface area contributed by atoms with Gasteiger partial charge in [0.2, 0.25) is 5.91 Å². The Balaban J connectivity index is 2.55. The lowest BCUT2D eigenvalue weighted by Crippen LogP contribution is -2.44. The van der Waals surface area contributed by atoms with Gasteiger partial charge in [-0.3, -0.25) is 4.79 Å². The van der Waals surface area contributed by atoms with Crippen LogP contribution in [0.5, 0.6) is 0 Å². The van der Waals surface area contributed by atoms with Gasteiger partial charge in [-0.05, 0) is 32.6 Å². The predicted octanol–water partition coefficient (Wildman–Crippen LogP) is 2.31. The highest BCUT2D eigenvalue weighted by molar-refractivity contribution is 5.77. The lowest BCUT2D eigenvalue weighted by Gasteiger charge is -2.28. The summed E-state index contributed by atoms with van der Waals surface area (Å²) < 4.78 is 5.12. The Morgan fingerprint density at radius 3 is 2.45 bits per heavy atom. The van der Waals surface area contributed by atoms with E-state index < -0.39 is 5.60 Å². The molecule has 1 heterocycles. The van der Waals surface area contributed by atoms with Gasteiger partial charge in [0.25, 0.3) is 0 Å². The second-order valence-electron chi connectivity index (χ2n) is 6.13. The first kappa shape index (κ1) is 16.7. The first-order valence-electron chi connectivity index (χ1n) is 7.07. The van der Waals surface area contributed by atoms with E-state index in [-0.39, 0.29) is 24.3 Å². The first-order valence-corrected chi connectivity index (χ1v) is 7.07. The van der Waals surface area contributed by atoms with Crippen LogP contribution in [0.15, 0.2) is 4.52 Å². The topological polar surface area (TPSA) is 75.4 Å². The highest BCUT2D eigenvalue weighted by Crippen LogP contribution is 2.25. The maximum absolute atomic E-state index is 12.0. The van der Waals surface area contributed by atoms with Crippen molar-refractivity contribution in [2.75, 3.05) is 6.54 Å². The van der Waals surface area contributed by atoms with Crippen molar-refractivity contribution < 1.29 is 14.4 Å². The number of nitrogens with one attached hydrogen (secondary N) is 1.